The van der Waals surface area contributed by atoms with Gasteiger partial charge in [-0.1, -0.05) is 0 Å². The summed E-state index contributed by atoms with van der Waals surface area (Å²) in [7, 11) is 1.59. The van der Waals surface area contributed by atoms with E-state index in [1.807, 2.05) is 20.8 Å². The van der Waals surface area contributed by atoms with Crippen LogP contribution in [0.15, 0.2) is 18.2 Å². The highest BCUT2D eigenvalue weighted by Crippen LogP contribution is 2.18. The van der Waals surface area contributed by atoms with Gasteiger partial charge in [0.1, 0.15) is 11.9 Å². The fraction of sp³-hybridized carbons (Fsp3) is 0.562. The standard InChI is InChI=1S/C16H24O5/c1-5-19-10-14(11-20-6-2)21-16(17)15-8-7-13(18-4)9-12(15)3/h7-9,14H,5-6,10-11H2,1-4H3. The topological polar surface area (TPSA) is 54.0 Å². The van der Waals surface area contributed by atoms with Gasteiger partial charge in [-0.25, -0.2) is 4.79 Å². The smallest absolute Gasteiger partial charge is 0.338 e. The van der Waals surface area contributed by atoms with Crippen LogP contribution in [0.4, 0.5) is 0 Å². The molecule has 1 rings (SSSR count). The van der Waals surface area contributed by atoms with Crippen LogP contribution < -0.4 is 4.74 Å². The van der Waals surface area contributed by atoms with Gasteiger partial charge in [-0.15, -0.1) is 0 Å². The van der Waals surface area contributed by atoms with Gasteiger partial charge < -0.3 is 18.9 Å². The van der Waals surface area contributed by atoms with E-state index in [2.05, 4.69) is 0 Å². The molecule has 118 valence electrons. The number of esters is 1. The lowest BCUT2D eigenvalue weighted by molar-refractivity contribution is -0.0364. The van der Waals surface area contributed by atoms with Gasteiger partial charge >= 0.3 is 5.97 Å². The maximum absolute atomic E-state index is 12.2. The second kappa shape index (κ2) is 9.37. The van der Waals surface area contributed by atoms with Crippen LogP contribution in [0.5, 0.6) is 5.75 Å². The van der Waals surface area contributed by atoms with Crippen molar-refractivity contribution in [2.75, 3.05) is 33.5 Å². The molecule has 0 aromatic heterocycles. The quantitative estimate of drug-likeness (QED) is 0.656. The molecule has 0 radical (unpaired) electrons. The van der Waals surface area contributed by atoms with E-state index in [1.54, 1.807) is 25.3 Å². The first-order chi connectivity index (χ1) is 10.1. The Morgan fingerprint density at radius 1 is 1.14 bits per heavy atom. The summed E-state index contributed by atoms with van der Waals surface area (Å²) in [5.74, 6) is 0.337. The van der Waals surface area contributed by atoms with Crippen molar-refractivity contribution in [2.24, 2.45) is 0 Å². The van der Waals surface area contributed by atoms with E-state index in [-0.39, 0.29) is 5.97 Å². The van der Waals surface area contributed by atoms with Crippen molar-refractivity contribution in [1.82, 2.24) is 0 Å². The van der Waals surface area contributed by atoms with Gasteiger partial charge in [0.05, 0.1) is 25.9 Å². The van der Waals surface area contributed by atoms with Crippen LogP contribution >= 0.6 is 0 Å². The minimum absolute atomic E-state index is 0.331. The van der Waals surface area contributed by atoms with E-state index < -0.39 is 6.10 Å². The Morgan fingerprint density at radius 2 is 1.76 bits per heavy atom. The van der Waals surface area contributed by atoms with Gasteiger partial charge in [0.15, 0.2) is 0 Å². The lowest BCUT2D eigenvalue weighted by Crippen LogP contribution is -2.29. The molecule has 0 aliphatic rings. The van der Waals surface area contributed by atoms with E-state index in [0.29, 0.717) is 37.7 Å². The highest BCUT2D eigenvalue weighted by Gasteiger charge is 2.18. The Balaban J connectivity index is 2.71. The molecule has 0 amide bonds. The molecule has 5 nitrogen and oxygen atoms in total. The van der Waals surface area contributed by atoms with Crippen LogP contribution in [0, 0.1) is 6.92 Å². The number of aryl methyl sites for hydroxylation is 1. The molecule has 1 aromatic carbocycles. The molecule has 0 N–H and O–H groups in total. The van der Waals surface area contributed by atoms with E-state index in [4.69, 9.17) is 18.9 Å². The lowest BCUT2D eigenvalue weighted by atomic mass is 10.1. The number of carbonyl (C=O) groups excluding carboxylic acids is 1. The summed E-state index contributed by atoms with van der Waals surface area (Å²) in [5, 5.41) is 0. The van der Waals surface area contributed by atoms with Crippen LogP contribution in [0.2, 0.25) is 0 Å². The maximum atomic E-state index is 12.2. The largest absolute Gasteiger partial charge is 0.497 e. The Hall–Kier alpha value is -1.59. The molecule has 1 aromatic rings. The highest BCUT2D eigenvalue weighted by molar-refractivity contribution is 5.91. The summed E-state index contributed by atoms with van der Waals surface area (Å²) in [5.41, 5.74) is 1.33. The zero-order chi connectivity index (χ0) is 15.7. The predicted molar refractivity (Wildman–Crippen MR) is 79.9 cm³/mol. The molecule has 0 aliphatic carbocycles. The van der Waals surface area contributed by atoms with Crippen molar-refractivity contribution in [3.8, 4) is 5.75 Å². The van der Waals surface area contributed by atoms with Crippen molar-refractivity contribution in [1.29, 1.82) is 0 Å². The number of hydrogen-bond donors (Lipinski definition) is 0. The summed E-state index contributed by atoms with van der Waals surface area (Å²) < 4.78 is 21.2. The lowest BCUT2D eigenvalue weighted by Gasteiger charge is -2.18. The van der Waals surface area contributed by atoms with Crippen molar-refractivity contribution in [2.45, 2.75) is 26.9 Å². The maximum Gasteiger partial charge on any atom is 0.338 e. The Bertz CT molecular complexity index is 436. The third-order valence-corrected chi connectivity index (χ3v) is 2.94. The molecule has 0 saturated heterocycles. The van der Waals surface area contributed by atoms with Crippen molar-refractivity contribution in [3.05, 3.63) is 29.3 Å². The zero-order valence-electron chi connectivity index (χ0n) is 13.2. The third kappa shape index (κ3) is 5.73. The first kappa shape index (κ1) is 17.5. The van der Waals surface area contributed by atoms with Gasteiger partial charge in [-0.3, -0.25) is 0 Å². The summed E-state index contributed by atoms with van der Waals surface area (Å²) in [6, 6.07) is 5.25. The van der Waals surface area contributed by atoms with Crippen molar-refractivity contribution in [3.63, 3.8) is 0 Å². The second-order valence-corrected chi connectivity index (χ2v) is 4.53. The SMILES string of the molecule is CCOCC(COCC)OC(=O)c1ccc(OC)cc1C. The number of benzene rings is 1. The van der Waals surface area contributed by atoms with E-state index in [0.717, 1.165) is 5.56 Å². The average Bonchev–Trinajstić information content (AvgIpc) is 2.49. The summed E-state index contributed by atoms with van der Waals surface area (Å²) in [4.78, 5) is 12.2. The van der Waals surface area contributed by atoms with Gasteiger partial charge in [0.25, 0.3) is 0 Å². The number of rotatable bonds is 9. The Labute approximate surface area is 126 Å². The fourth-order valence-corrected chi connectivity index (χ4v) is 1.82. The van der Waals surface area contributed by atoms with Crippen LogP contribution in [0.3, 0.4) is 0 Å². The van der Waals surface area contributed by atoms with Gasteiger partial charge in [-0.05, 0) is 44.5 Å². The van der Waals surface area contributed by atoms with Gasteiger partial charge in [0, 0.05) is 13.2 Å². The summed E-state index contributed by atoms with van der Waals surface area (Å²) in [6.45, 7) is 7.44. The highest BCUT2D eigenvalue weighted by atomic mass is 16.6. The van der Waals surface area contributed by atoms with E-state index in [9.17, 15) is 4.79 Å². The molecule has 0 fully saturated rings. The number of ether oxygens (including phenoxy) is 4. The number of methoxy groups -OCH3 is 1. The molecule has 0 heterocycles. The van der Waals surface area contributed by atoms with Crippen molar-refractivity contribution >= 4 is 5.97 Å². The molecule has 0 unspecified atom stereocenters. The molecule has 0 atom stereocenters. The Morgan fingerprint density at radius 3 is 2.24 bits per heavy atom. The molecule has 0 bridgehead atoms. The molecule has 21 heavy (non-hydrogen) atoms. The monoisotopic (exact) mass is 296 g/mol. The summed E-state index contributed by atoms with van der Waals surface area (Å²) >= 11 is 0. The molecule has 0 saturated carbocycles. The minimum Gasteiger partial charge on any atom is -0.497 e. The molecular weight excluding hydrogens is 272 g/mol. The first-order valence-corrected chi connectivity index (χ1v) is 7.13. The molecule has 0 aliphatic heterocycles. The van der Waals surface area contributed by atoms with E-state index >= 15 is 0 Å². The first-order valence-electron chi connectivity index (χ1n) is 7.13. The van der Waals surface area contributed by atoms with E-state index in [1.165, 1.54) is 0 Å². The van der Waals surface area contributed by atoms with Crippen LogP contribution in [0.1, 0.15) is 29.8 Å². The zero-order valence-corrected chi connectivity index (χ0v) is 13.2. The second-order valence-electron chi connectivity index (χ2n) is 4.53. The molecule has 0 spiro atoms. The fourth-order valence-electron chi connectivity index (χ4n) is 1.82. The van der Waals surface area contributed by atoms with Crippen LogP contribution in [-0.4, -0.2) is 45.6 Å². The molecular formula is C16H24O5. The molecule has 5 heteroatoms. The minimum atomic E-state index is -0.404. The number of hydrogen-bond acceptors (Lipinski definition) is 5. The van der Waals surface area contributed by atoms with Crippen LogP contribution in [0.25, 0.3) is 0 Å². The average molecular weight is 296 g/mol. The van der Waals surface area contributed by atoms with Gasteiger partial charge in [-0.2, -0.15) is 0 Å². The number of carbonyl (C=O) groups is 1. The Kier molecular flexibility index (Phi) is 7.79. The van der Waals surface area contributed by atoms with Gasteiger partial charge in [0.2, 0.25) is 0 Å². The summed E-state index contributed by atoms with van der Waals surface area (Å²) in [6.07, 6.45) is -0.404. The normalized spacial score (nSPS) is 10.7. The predicted octanol–water partition coefficient (Wildman–Crippen LogP) is 2.60. The van der Waals surface area contributed by atoms with Crippen molar-refractivity contribution < 1.29 is 23.7 Å². The van der Waals surface area contributed by atoms with Crippen LogP contribution in [-0.2, 0) is 14.2 Å². The third-order valence-electron chi connectivity index (χ3n) is 2.94.